The zero-order chi connectivity index (χ0) is 11.4. The van der Waals surface area contributed by atoms with E-state index in [1.165, 1.54) is 6.07 Å². The van der Waals surface area contributed by atoms with Crippen molar-refractivity contribution in [2.75, 3.05) is 0 Å². The van der Waals surface area contributed by atoms with Crippen LogP contribution in [0.1, 0.15) is 25.8 Å². The molecule has 0 bridgehead atoms. The quantitative estimate of drug-likeness (QED) is 0.682. The topological polar surface area (TPSA) is 0 Å². The lowest BCUT2D eigenvalue weighted by molar-refractivity contribution is 0.530. The molecule has 1 aromatic carbocycles. The van der Waals surface area contributed by atoms with Crippen molar-refractivity contribution in [1.29, 1.82) is 0 Å². The molecule has 0 radical (unpaired) electrons. The summed E-state index contributed by atoms with van der Waals surface area (Å²) in [6.07, 6.45) is 2.03. The van der Waals surface area contributed by atoms with E-state index in [-0.39, 0.29) is 5.82 Å². The molecule has 3 heteroatoms. The highest BCUT2D eigenvalue weighted by atomic mass is 79.9. The van der Waals surface area contributed by atoms with Crippen LogP contribution in [0, 0.1) is 11.7 Å². The van der Waals surface area contributed by atoms with Crippen LogP contribution in [-0.2, 0) is 6.42 Å². The molecule has 0 aliphatic rings. The third kappa shape index (κ3) is 5.12. The Morgan fingerprint density at radius 1 is 1.27 bits per heavy atom. The molecule has 2 atom stereocenters. The van der Waals surface area contributed by atoms with E-state index >= 15 is 0 Å². The van der Waals surface area contributed by atoms with E-state index in [2.05, 4.69) is 45.7 Å². The Balaban J connectivity index is 2.63. The normalized spacial score (nSPS) is 15.0. The van der Waals surface area contributed by atoms with Gasteiger partial charge in [-0.15, -0.1) is 0 Å². The van der Waals surface area contributed by atoms with E-state index in [1.807, 2.05) is 6.07 Å². The van der Waals surface area contributed by atoms with Gasteiger partial charge in [0, 0.05) is 9.30 Å². The van der Waals surface area contributed by atoms with Crippen molar-refractivity contribution in [3.05, 3.63) is 34.1 Å². The molecule has 0 fully saturated rings. The van der Waals surface area contributed by atoms with Gasteiger partial charge in [0.1, 0.15) is 5.82 Å². The maximum Gasteiger partial charge on any atom is 0.124 e. The number of alkyl halides is 1. The zero-order valence-electron chi connectivity index (χ0n) is 8.93. The van der Waals surface area contributed by atoms with Gasteiger partial charge < -0.3 is 0 Å². The molecule has 84 valence electrons. The predicted octanol–water partition coefficient (Wildman–Crippen LogP) is 4.94. The van der Waals surface area contributed by atoms with Crippen molar-refractivity contribution >= 4 is 31.9 Å². The summed E-state index contributed by atoms with van der Waals surface area (Å²) in [5.41, 5.74) is 1.06. The lowest BCUT2D eigenvalue weighted by Gasteiger charge is -2.13. The van der Waals surface area contributed by atoms with Crippen molar-refractivity contribution in [3.63, 3.8) is 0 Å². The highest BCUT2D eigenvalue weighted by Gasteiger charge is 2.08. The molecule has 15 heavy (non-hydrogen) atoms. The van der Waals surface area contributed by atoms with Crippen molar-refractivity contribution < 1.29 is 4.39 Å². The Bertz CT molecular complexity index is 303. The molecular weight excluding hydrogens is 323 g/mol. The number of hydrogen-bond acceptors (Lipinski definition) is 0. The Hall–Kier alpha value is 0.110. The summed E-state index contributed by atoms with van der Waals surface area (Å²) in [6.45, 7) is 4.33. The van der Waals surface area contributed by atoms with E-state index in [9.17, 15) is 4.39 Å². The summed E-state index contributed by atoms with van der Waals surface area (Å²) in [4.78, 5) is 0.518. The summed E-state index contributed by atoms with van der Waals surface area (Å²) >= 11 is 6.84. The first-order chi connectivity index (χ1) is 6.97. The van der Waals surface area contributed by atoms with Gasteiger partial charge in [0.05, 0.1) is 0 Å². The Morgan fingerprint density at radius 2 is 1.93 bits per heavy atom. The van der Waals surface area contributed by atoms with E-state index in [4.69, 9.17) is 0 Å². The molecule has 0 saturated heterocycles. The molecule has 0 heterocycles. The van der Waals surface area contributed by atoms with Crippen molar-refractivity contribution in [2.45, 2.75) is 31.5 Å². The van der Waals surface area contributed by atoms with Gasteiger partial charge in [-0.3, -0.25) is 0 Å². The molecule has 2 unspecified atom stereocenters. The summed E-state index contributed by atoms with van der Waals surface area (Å²) < 4.78 is 13.9. The fourth-order valence-corrected chi connectivity index (χ4v) is 2.92. The minimum absolute atomic E-state index is 0.168. The first kappa shape index (κ1) is 13.2. The predicted molar refractivity (Wildman–Crippen MR) is 70.0 cm³/mol. The van der Waals surface area contributed by atoms with Gasteiger partial charge in [-0.2, -0.15) is 0 Å². The molecule has 0 spiro atoms. The minimum Gasteiger partial charge on any atom is -0.207 e. The zero-order valence-corrected chi connectivity index (χ0v) is 12.1. The SMILES string of the molecule is CC(Br)CC(C)Cc1cc(F)cc(Br)c1. The molecule has 0 saturated carbocycles. The minimum atomic E-state index is -0.168. The van der Waals surface area contributed by atoms with Gasteiger partial charge in [-0.1, -0.05) is 45.7 Å². The Kier molecular flexibility index (Phi) is 5.27. The first-order valence-corrected chi connectivity index (χ1v) is 6.77. The largest absolute Gasteiger partial charge is 0.207 e. The molecule has 0 amide bonds. The molecule has 0 aromatic heterocycles. The van der Waals surface area contributed by atoms with Crippen LogP contribution in [0.25, 0.3) is 0 Å². The molecule has 0 aliphatic heterocycles. The van der Waals surface area contributed by atoms with Crippen LogP contribution in [0.2, 0.25) is 0 Å². The number of benzene rings is 1. The van der Waals surface area contributed by atoms with E-state index < -0.39 is 0 Å². The fourth-order valence-electron chi connectivity index (χ4n) is 1.77. The van der Waals surface area contributed by atoms with Crippen LogP contribution >= 0.6 is 31.9 Å². The standard InChI is InChI=1S/C12H15Br2F/c1-8(3-9(2)13)4-10-5-11(14)7-12(15)6-10/h5-9H,3-4H2,1-2H3. The second kappa shape index (κ2) is 6.00. The van der Waals surface area contributed by atoms with Crippen LogP contribution in [0.15, 0.2) is 22.7 Å². The summed E-state index contributed by atoms with van der Waals surface area (Å²) in [7, 11) is 0. The number of hydrogen-bond donors (Lipinski definition) is 0. The number of halogens is 3. The van der Waals surface area contributed by atoms with Crippen molar-refractivity contribution in [1.82, 2.24) is 0 Å². The van der Waals surface area contributed by atoms with Gasteiger partial charge in [0.2, 0.25) is 0 Å². The van der Waals surface area contributed by atoms with Crippen LogP contribution in [-0.4, -0.2) is 4.83 Å². The van der Waals surface area contributed by atoms with Gasteiger partial charge >= 0.3 is 0 Å². The average Bonchev–Trinajstić information content (AvgIpc) is 1.98. The fraction of sp³-hybridized carbons (Fsp3) is 0.500. The number of rotatable bonds is 4. The second-order valence-electron chi connectivity index (χ2n) is 4.10. The highest BCUT2D eigenvalue weighted by Crippen LogP contribution is 2.21. The van der Waals surface area contributed by atoms with Gasteiger partial charge in [0.25, 0.3) is 0 Å². The molecule has 0 N–H and O–H groups in total. The Labute approximate surface area is 108 Å². The second-order valence-corrected chi connectivity index (χ2v) is 6.58. The van der Waals surface area contributed by atoms with E-state index in [1.54, 1.807) is 6.07 Å². The molecule has 0 aliphatic carbocycles. The molecule has 1 aromatic rings. The van der Waals surface area contributed by atoms with Crippen molar-refractivity contribution in [2.24, 2.45) is 5.92 Å². The van der Waals surface area contributed by atoms with Crippen LogP contribution in [0.3, 0.4) is 0 Å². The molecule has 1 rings (SSSR count). The summed E-state index contributed by atoms with van der Waals surface area (Å²) in [5, 5.41) is 0. The smallest absolute Gasteiger partial charge is 0.124 e. The van der Waals surface area contributed by atoms with E-state index in [0.717, 1.165) is 22.9 Å². The lowest BCUT2D eigenvalue weighted by atomic mass is 9.97. The highest BCUT2D eigenvalue weighted by molar-refractivity contribution is 9.10. The third-order valence-corrected chi connectivity index (χ3v) is 3.07. The molecular formula is C12H15Br2F. The van der Waals surface area contributed by atoms with E-state index in [0.29, 0.717) is 10.7 Å². The van der Waals surface area contributed by atoms with Gasteiger partial charge in [0.15, 0.2) is 0 Å². The maximum absolute atomic E-state index is 13.1. The Morgan fingerprint density at radius 3 is 2.47 bits per heavy atom. The van der Waals surface area contributed by atoms with Crippen LogP contribution in [0.5, 0.6) is 0 Å². The van der Waals surface area contributed by atoms with Crippen LogP contribution in [0.4, 0.5) is 4.39 Å². The summed E-state index contributed by atoms with van der Waals surface area (Å²) in [5.74, 6) is 0.395. The third-order valence-electron chi connectivity index (χ3n) is 2.23. The first-order valence-electron chi connectivity index (χ1n) is 5.06. The molecule has 0 nitrogen and oxygen atoms in total. The van der Waals surface area contributed by atoms with Gasteiger partial charge in [-0.05, 0) is 42.5 Å². The monoisotopic (exact) mass is 336 g/mol. The van der Waals surface area contributed by atoms with Crippen molar-refractivity contribution in [3.8, 4) is 0 Å². The van der Waals surface area contributed by atoms with Gasteiger partial charge in [-0.25, -0.2) is 4.39 Å². The van der Waals surface area contributed by atoms with Crippen LogP contribution < -0.4 is 0 Å². The lowest BCUT2D eigenvalue weighted by Crippen LogP contribution is -2.05. The average molecular weight is 338 g/mol. The maximum atomic E-state index is 13.1. The summed E-state index contributed by atoms with van der Waals surface area (Å²) in [6, 6.07) is 5.08.